The molecule has 4 aliphatic rings. The number of likely N-dealkylation sites (tertiary alicyclic amines) is 1. The van der Waals surface area contributed by atoms with Gasteiger partial charge in [0.15, 0.2) is 0 Å². The summed E-state index contributed by atoms with van der Waals surface area (Å²) in [4.78, 5) is 42.3. The van der Waals surface area contributed by atoms with Crippen molar-refractivity contribution in [2.45, 2.75) is 57.6 Å². The molecule has 43 heavy (non-hydrogen) atoms. The van der Waals surface area contributed by atoms with Crippen LogP contribution in [0, 0.1) is 30.4 Å². The average Bonchev–Trinajstić information content (AvgIpc) is 3.29. The van der Waals surface area contributed by atoms with Crippen LogP contribution in [-0.4, -0.2) is 94.6 Å². The first kappa shape index (κ1) is 30.0. The monoisotopic (exact) mass is 616 g/mol. The van der Waals surface area contributed by atoms with Crippen molar-refractivity contribution >= 4 is 29.4 Å². The van der Waals surface area contributed by atoms with Crippen LogP contribution < -0.4 is 4.90 Å². The van der Waals surface area contributed by atoms with Gasteiger partial charge in [0.25, 0.3) is 0 Å². The first-order valence-electron chi connectivity index (χ1n) is 15.3. The van der Waals surface area contributed by atoms with E-state index < -0.39 is 17.2 Å². The summed E-state index contributed by atoms with van der Waals surface area (Å²) in [5, 5.41) is 0.410. The maximum Gasteiger partial charge on any atom is 0.410 e. The number of amides is 2. The van der Waals surface area contributed by atoms with E-state index in [-0.39, 0.29) is 30.0 Å². The summed E-state index contributed by atoms with van der Waals surface area (Å²) >= 11 is 6.00. The molecule has 4 heterocycles. The lowest BCUT2D eigenvalue weighted by molar-refractivity contribution is -0.137. The number of carbonyl (C=O) groups is 2. The van der Waals surface area contributed by atoms with Gasteiger partial charge in [-0.1, -0.05) is 11.6 Å². The lowest BCUT2D eigenvalue weighted by atomic mass is 9.81. The molecule has 4 fully saturated rings. The molecule has 6 rings (SSSR count). The van der Waals surface area contributed by atoms with Crippen LogP contribution in [0.25, 0.3) is 0 Å². The largest absolute Gasteiger partial charge is 0.441 e. The highest BCUT2D eigenvalue weighted by atomic mass is 35.5. The van der Waals surface area contributed by atoms with Crippen molar-refractivity contribution < 1.29 is 23.1 Å². The van der Waals surface area contributed by atoms with Gasteiger partial charge in [-0.2, -0.15) is 0 Å². The maximum absolute atomic E-state index is 14.4. The summed E-state index contributed by atoms with van der Waals surface area (Å²) in [7, 11) is 0. The molecule has 1 aromatic carbocycles. The Morgan fingerprint density at radius 3 is 2.33 bits per heavy atom. The van der Waals surface area contributed by atoms with Gasteiger partial charge >= 0.3 is 6.09 Å². The van der Waals surface area contributed by atoms with Gasteiger partial charge in [0.1, 0.15) is 34.5 Å². The van der Waals surface area contributed by atoms with Crippen molar-refractivity contribution in [3.8, 4) is 0 Å². The molecule has 0 bridgehead atoms. The van der Waals surface area contributed by atoms with E-state index in [0.29, 0.717) is 81.8 Å². The van der Waals surface area contributed by atoms with Crippen LogP contribution in [-0.2, 0) is 16.1 Å². The van der Waals surface area contributed by atoms with Crippen LogP contribution in [0.4, 0.5) is 19.4 Å². The van der Waals surface area contributed by atoms with Crippen molar-refractivity contribution in [3.05, 3.63) is 52.4 Å². The number of anilines is 1. The SMILES string of the molecule is Cc1cc(F)c(CN2CCC3(CC2)CN(CC2CCC(C(=O)N4CCN(c5cc(Cl)ncn5)CC4)CC2)C(=O)O3)c(F)c1. The number of benzene rings is 1. The van der Waals surface area contributed by atoms with Gasteiger partial charge in [0.05, 0.1) is 6.54 Å². The molecule has 1 spiro atoms. The third-order valence-corrected chi connectivity index (χ3v) is 9.89. The lowest BCUT2D eigenvalue weighted by Gasteiger charge is -2.39. The van der Waals surface area contributed by atoms with E-state index >= 15 is 0 Å². The number of carbonyl (C=O) groups excluding carboxylic acids is 2. The van der Waals surface area contributed by atoms with Crippen LogP contribution in [0.2, 0.25) is 5.15 Å². The zero-order chi connectivity index (χ0) is 30.1. The predicted molar refractivity (Wildman–Crippen MR) is 158 cm³/mol. The Labute approximate surface area is 256 Å². The predicted octanol–water partition coefficient (Wildman–Crippen LogP) is 4.66. The second kappa shape index (κ2) is 12.5. The molecule has 0 atom stereocenters. The van der Waals surface area contributed by atoms with Crippen molar-refractivity contribution in [1.29, 1.82) is 0 Å². The standard InChI is InChI=1S/C31H39ClF2N6O3/c1-21-14-25(33)24(26(34)15-21)18-37-8-6-31(7-9-37)19-40(30(42)43-31)17-22-2-4-23(5-3-22)29(41)39-12-10-38(11-13-39)28-16-27(32)35-20-36-28/h14-16,20,22-23H,2-13,17-19H2,1H3. The van der Waals surface area contributed by atoms with Gasteiger partial charge in [-0.05, 0) is 56.2 Å². The van der Waals surface area contributed by atoms with Crippen LogP contribution in [0.15, 0.2) is 24.5 Å². The summed E-state index contributed by atoms with van der Waals surface area (Å²) in [5.74, 6) is 0.363. The van der Waals surface area contributed by atoms with E-state index in [1.807, 2.05) is 14.7 Å². The Hall–Kier alpha value is -3.05. The number of piperidine rings is 1. The summed E-state index contributed by atoms with van der Waals surface area (Å²) in [6, 6.07) is 4.48. The number of halogens is 3. The summed E-state index contributed by atoms with van der Waals surface area (Å²) in [6.45, 7) is 7.05. The minimum absolute atomic E-state index is 0.0284. The van der Waals surface area contributed by atoms with Gasteiger partial charge in [-0.25, -0.2) is 23.5 Å². The molecule has 232 valence electrons. The van der Waals surface area contributed by atoms with Crippen molar-refractivity contribution in [2.75, 3.05) is 57.3 Å². The van der Waals surface area contributed by atoms with Crippen LogP contribution in [0.1, 0.15) is 49.7 Å². The van der Waals surface area contributed by atoms with Gasteiger partial charge in [-0.15, -0.1) is 0 Å². The molecule has 2 aromatic rings. The van der Waals surface area contributed by atoms with Gasteiger partial charge in [0, 0.05) is 82.7 Å². The normalized spacial score (nSPS) is 24.5. The molecule has 3 saturated heterocycles. The molecular formula is C31H39ClF2N6O3. The van der Waals surface area contributed by atoms with Crippen molar-refractivity contribution in [3.63, 3.8) is 0 Å². The first-order chi connectivity index (χ1) is 20.7. The molecule has 1 aromatic heterocycles. The van der Waals surface area contributed by atoms with E-state index in [1.54, 1.807) is 13.0 Å². The summed E-state index contributed by atoms with van der Waals surface area (Å²) < 4.78 is 34.6. The van der Waals surface area contributed by atoms with Crippen LogP contribution in [0.5, 0.6) is 0 Å². The molecule has 0 N–H and O–H groups in total. The molecule has 3 aliphatic heterocycles. The summed E-state index contributed by atoms with van der Waals surface area (Å²) in [5.41, 5.74) is 0.120. The van der Waals surface area contributed by atoms with E-state index in [9.17, 15) is 18.4 Å². The highest BCUT2D eigenvalue weighted by Crippen LogP contribution is 2.37. The fourth-order valence-corrected chi connectivity index (χ4v) is 7.27. The molecule has 12 heteroatoms. The Morgan fingerprint density at radius 2 is 1.67 bits per heavy atom. The number of aryl methyl sites for hydroxylation is 1. The Balaban J connectivity index is 0.938. The average molecular weight is 617 g/mol. The molecule has 0 unspecified atom stereocenters. The molecule has 0 radical (unpaired) electrons. The van der Waals surface area contributed by atoms with Crippen LogP contribution >= 0.6 is 11.6 Å². The quantitative estimate of drug-likeness (QED) is 0.437. The van der Waals surface area contributed by atoms with E-state index in [2.05, 4.69) is 14.9 Å². The molecule has 1 saturated carbocycles. The van der Waals surface area contributed by atoms with E-state index in [0.717, 1.165) is 31.5 Å². The van der Waals surface area contributed by atoms with Crippen LogP contribution in [0.3, 0.4) is 0 Å². The molecule has 9 nitrogen and oxygen atoms in total. The number of nitrogens with zero attached hydrogens (tertiary/aromatic N) is 6. The fourth-order valence-electron chi connectivity index (χ4n) is 7.13. The molecule has 2 amide bonds. The van der Waals surface area contributed by atoms with E-state index in [1.165, 1.54) is 18.5 Å². The maximum atomic E-state index is 14.4. The summed E-state index contributed by atoms with van der Waals surface area (Å²) in [6.07, 6.45) is 5.96. The fraction of sp³-hybridized carbons (Fsp3) is 0.613. The Morgan fingerprint density at radius 1 is 1.00 bits per heavy atom. The molecule has 1 aliphatic carbocycles. The van der Waals surface area contributed by atoms with Gasteiger partial charge in [-0.3, -0.25) is 9.69 Å². The number of piperazine rings is 1. The third-order valence-electron chi connectivity index (χ3n) is 9.68. The first-order valence-corrected chi connectivity index (χ1v) is 15.7. The number of hydrogen-bond acceptors (Lipinski definition) is 7. The Bertz CT molecular complexity index is 1320. The minimum atomic E-state index is -0.537. The van der Waals surface area contributed by atoms with Gasteiger partial charge < -0.3 is 19.4 Å². The third kappa shape index (κ3) is 6.72. The number of ether oxygens (including phenoxy) is 1. The zero-order valence-electron chi connectivity index (χ0n) is 24.6. The molecular weight excluding hydrogens is 578 g/mol. The smallest absolute Gasteiger partial charge is 0.410 e. The second-order valence-electron chi connectivity index (χ2n) is 12.6. The topological polar surface area (TPSA) is 82.1 Å². The number of rotatable bonds is 6. The minimum Gasteiger partial charge on any atom is -0.441 e. The van der Waals surface area contributed by atoms with Crippen molar-refractivity contribution in [1.82, 2.24) is 24.7 Å². The van der Waals surface area contributed by atoms with Gasteiger partial charge in [0.2, 0.25) is 5.91 Å². The number of aromatic nitrogens is 2. The van der Waals surface area contributed by atoms with E-state index in [4.69, 9.17) is 16.3 Å². The van der Waals surface area contributed by atoms with Crippen molar-refractivity contribution in [2.24, 2.45) is 11.8 Å². The Kier molecular flexibility index (Phi) is 8.73. The zero-order valence-corrected chi connectivity index (χ0v) is 25.4. The second-order valence-corrected chi connectivity index (χ2v) is 13.0. The highest BCUT2D eigenvalue weighted by Gasteiger charge is 2.47. The number of hydrogen-bond donors (Lipinski definition) is 0. The lowest BCUT2D eigenvalue weighted by Crippen LogP contribution is -2.51. The highest BCUT2D eigenvalue weighted by molar-refractivity contribution is 6.29.